The van der Waals surface area contributed by atoms with Gasteiger partial charge >= 0.3 is 0 Å². The Morgan fingerprint density at radius 3 is 1.66 bits per heavy atom. The Hall–Kier alpha value is -8.60. The first-order chi connectivity index (χ1) is 32.3. The fourth-order valence-electron chi connectivity index (χ4n) is 11.3. The molecule has 2 aliphatic heterocycles. The lowest BCUT2D eigenvalue weighted by molar-refractivity contribution is 0.434. The van der Waals surface area contributed by atoms with Crippen molar-refractivity contribution in [3.05, 3.63) is 259 Å². The number of rotatable bonds is 5. The zero-order valence-electron chi connectivity index (χ0n) is 35.3. The van der Waals surface area contributed by atoms with Gasteiger partial charge in [-0.15, -0.1) is 0 Å². The smallest absolute Gasteiger partial charge is 0.134 e. The van der Waals surface area contributed by atoms with E-state index in [0.717, 1.165) is 56.4 Å². The lowest BCUT2D eigenvalue weighted by Crippen LogP contribution is -2.37. The SMILES string of the molecule is c1ccc(-c2ccc(N(c3ccccc3)c3ccc(-n4c5ccccc5c5cc6c(cc54)Oc4ccccc4C64c5ccccc5-n5c6ccccc6c6cccc4c65)cc3)cc2)cc1. The first-order valence-electron chi connectivity index (χ1n) is 22.3. The van der Waals surface area contributed by atoms with Crippen molar-refractivity contribution in [3.8, 4) is 34.0 Å². The van der Waals surface area contributed by atoms with Crippen molar-refractivity contribution in [2.24, 2.45) is 0 Å². The molecule has 2 aliphatic rings. The second kappa shape index (κ2) is 13.7. The number of hydrogen-bond acceptors (Lipinski definition) is 2. The van der Waals surface area contributed by atoms with Gasteiger partial charge in [0.2, 0.25) is 0 Å². The zero-order chi connectivity index (χ0) is 42.6. The highest BCUT2D eigenvalue weighted by atomic mass is 16.5. The van der Waals surface area contributed by atoms with E-state index in [1.165, 1.54) is 60.5 Å². The van der Waals surface area contributed by atoms with E-state index in [-0.39, 0.29) is 0 Å². The van der Waals surface area contributed by atoms with Crippen molar-refractivity contribution >= 4 is 60.7 Å². The topological polar surface area (TPSA) is 22.3 Å². The third-order valence-electron chi connectivity index (χ3n) is 13.9. The molecule has 4 heteroatoms. The van der Waals surface area contributed by atoms with Crippen LogP contribution in [0.1, 0.15) is 22.3 Å². The van der Waals surface area contributed by atoms with Crippen molar-refractivity contribution in [2.75, 3.05) is 4.90 Å². The number of para-hydroxylation sites is 6. The maximum Gasteiger partial charge on any atom is 0.134 e. The number of nitrogens with zero attached hydrogens (tertiary/aromatic N) is 3. The second-order valence-electron chi connectivity index (χ2n) is 17.2. The quantitative estimate of drug-likeness (QED) is 0.172. The van der Waals surface area contributed by atoms with Crippen LogP contribution >= 0.6 is 0 Å². The summed E-state index contributed by atoms with van der Waals surface area (Å²) >= 11 is 0. The van der Waals surface area contributed by atoms with Crippen LogP contribution in [0.4, 0.5) is 17.1 Å². The van der Waals surface area contributed by atoms with Crippen LogP contribution in [0.3, 0.4) is 0 Å². The maximum atomic E-state index is 7.12. The molecule has 0 amide bonds. The Morgan fingerprint density at radius 1 is 0.338 bits per heavy atom. The van der Waals surface area contributed by atoms with Crippen LogP contribution in [-0.2, 0) is 5.41 Å². The molecule has 0 aliphatic carbocycles. The van der Waals surface area contributed by atoms with Crippen LogP contribution in [0.5, 0.6) is 11.5 Å². The Labute approximate surface area is 376 Å². The molecule has 4 nitrogen and oxygen atoms in total. The molecule has 0 N–H and O–H groups in total. The molecule has 0 saturated heterocycles. The molecule has 0 saturated carbocycles. The van der Waals surface area contributed by atoms with Gasteiger partial charge in [0.1, 0.15) is 11.5 Å². The van der Waals surface area contributed by atoms with Gasteiger partial charge in [-0.2, -0.15) is 0 Å². The monoisotopic (exact) mass is 829 g/mol. The molecule has 0 fully saturated rings. The van der Waals surface area contributed by atoms with Gasteiger partial charge < -0.3 is 18.8 Å². The Balaban J connectivity index is 0.976. The van der Waals surface area contributed by atoms with Gasteiger partial charge in [0, 0.05) is 61.5 Å². The molecule has 4 heterocycles. The lowest BCUT2D eigenvalue weighted by atomic mass is 9.61. The Morgan fingerprint density at radius 2 is 0.892 bits per heavy atom. The van der Waals surface area contributed by atoms with Gasteiger partial charge in [-0.3, -0.25) is 0 Å². The average molecular weight is 830 g/mol. The van der Waals surface area contributed by atoms with Gasteiger partial charge in [-0.1, -0.05) is 152 Å². The summed E-state index contributed by atoms with van der Waals surface area (Å²) in [5.41, 5.74) is 16.8. The average Bonchev–Trinajstić information content (AvgIpc) is 3.89. The molecule has 0 bridgehead atoms. The predicted molar refractivity (Wildman–Crippen MR) is 267 cm³/mol. The summed E-state index contributed by atoms with van der Waals surface area (Å²) in [6.45, 7) is 0. The van der Waals surface area contributed by atoms with Crippen LogP contribution in [0.15, 0.2) is 237 Å². The number of fused-ring (bicyclic) bond motifs is 14. The number of anilines is 3. The standard InChI is InChI=1S/C61H39N3O/c1-3-16-40(17-4-1)41-30-32-43(33-31-41)62(42-18-5-2-6-19-42)44-34-36-45(37-35-44)63-54-26-11-8-21-47(54)49-38-53-59(39-57(49)63)65-58-29-14-10-24-51(58)61(53)50-23-9-13-28-56(50)64-55-27-12-7-20-46(55)48-22-15-25-52(61)60(48)64/h1-39H. The zero-order valence-corrected chi connectivity index (χ0v) is 35.3. The molecule has 10 aromatic carbocycles. The summed E-state index contributed by atoms with van der Waals surface area (Å²) in [4.78, 5) is 2.33. The third-order valence-corrected chi connectivity index (χ3v) is 13.9. The molecule has 0 radical (unpaired) electrons. The predicted octanol–water partition coefficient (Wildman–Crippen LogP) is 15.8. The van der Waals surface area contributed by atoms with Crippen LogP contribution in [0.25, 0.3) is 66.1 Å². The number of benzene rings is 10. The molecule has 1 unspecified atom stereocenters. The van der Waals surface area contributed by atoms with Crippen LogP contribution < -0.4 is 9.64 Å². The van der Waals surface area contributed by atoms with Crippen molar-refractivity contribution in [1.82, 2.24) is 9.13 Å². The molecule has 1 atom stereocenters. The highest BCUT2D eigenvalue weighted by molar-refractivity contribution is 6.13. The summed E-state index contributed by atoms with van der Waals surface area (Å²) < 4.78 is 12.0. The molecular formula is C61H39N3O. The number of hydrogen-bond donors (Lipinski definition) is 0. The number of ether oxygens (including phenoxy) is 1. The van der Waals surface area contributed by atoms with E-state index in [4.69, 9.17) is 4.74 Å². The Kier molecular flexibility index (Phi) is 7.57. The summed E-state index contributed by atoms with van der Waals surface area (Å²) in [5.74, 6) is 1.74. The summed E-state index contributed by atoms with van der Waals surface area (Å²) in [5, 5.41) is 4.90. The molecule has 14 rings (SSSR count). The van der Waals surface area contributed by atoms with E-state index in [0.29, 0.717) is 0 Å². The van der Waals surface area contributed by atoms with Crippen LogP contribution in [0.2, 0.25) is 0 Å². The third kappa shape index (κ3) is 5.02. The van der Waals surface area contributed by atoms with Crippen molar-refractivity contribution < 1.29 is 4.74 Å². The summed E-state index contributed by atoms with van der Waals surface area (Å²) in [7, 11) is 0. The highest BCUT2D eigenvalue weighted by Gasteiger charge is 2.50. The minimum Gasteiger partial charge on any atom is -0.457 e. The van der Waals surface area contributed by atoms with E-state index >= 15 is 0 Å². The normalized spacial score (nSPS) is 14.6. The Bertz CT molecular complexity index is 3850. The molecule has 65 heavy (non-hydrogen) atoms. The van der Waals surface area contributed by atoms with Crippen LogP contribution in [0, 0.1) is 0 Å². The number of aromatic nitrogens is 2. The van der Waals surface area contributed by atoms with E-state index in [1.54, 1.807) is 0 Å². The maximum absolute atomic E-state index is 7.12. The second-order valence-corrected chi connectivity index (χ2v) is 17.2. The summed E-state index contributed by atoms with van der Waals surface area (Å²) in [6.07, 6.45) is 0. The molecule has 12 aromatic rings. The lowest BCUT2D eigenvalue weighted by Gasteiger charge is -2.45. The van der Waals surface area contributed by atoms with Crippen molar-refractivity contribution in [2.45, 2.75) is 5.41 Å². The fourth-order valence-corrected chi connectivity index (χ4v) is 11.3. The van der Waals surface area contributed by atoms with Crippen molar-refractivity contribution in [3.63, 3.8) is 0 Å². The van der Waals surface area contributed by atoms with Gasteiger partial charge in [-0.25, -0.2) is 0 Å². The van der Waals surface area contributed by atoms with E-state index in [1.807, 2.05) is 0 Å². The van der Waals surface area contributed by atoms with E-state index in [2.05, 4.69) is 251 Å². The van der Waals surface area contributed by atoms with E-state index in [9.17, 15) is 0 Å². The minimum absolute atomic E-state index is 0.649. The van der Waals surface area contributed by atoms with Gasteiger partial charge in [0.25, 0.3) is 0 Å². The minimum atomic E-state index is -0.649. The fraction of sp³-hybridized carbons (Fsp3) is 0.0164. The van der Waals surface area contributed by atoms with E-state index < -0.39 is 5.41 Å². The first kappa shape index (κ1) is 35.9. The molecule has 304 valence electrons. The molecule has 1 spiro atoms. The van der Waals surface area contributed by atoms with Crippen molar-refractivity contribution in [1.29, 1.82) is 0 Å². The van der Waals surface area contributed by atoms with Crippen LogP contribution in [-0.4, -0.2) is 9.13 Å². The summed E-state index contributed by atoms with van der Waals surface area (Å²) in [6, 6.07) is 86.0. The molecule has 2 aromatic heterocycles. The van der Waals surface area contributed by atoms with Gasteiger partial charge in [0.15, 0.2) is 0 Å². The highest BCUT2D eigenvalue weighted by Crippen LogP contribution is 2.61. The molecular weight excluding hydrogens is 791 g/mol. The first-order valence-corrected chi connectivity index (χ1v) is 22.3. The van der Waals surface area contributed by atoms with Gasteiger partial charge in [-0.05, 0) is 101 Å². The largest absolute Gasteiger partial charge is 0.457 e. The van der Waals surface area contributed by atoms with Gasteiger partial charge in [0.05, 0.1) is 33.2 Å².